The predicted molar refractivity (Wildman–Crippen MR) is 79.4 cm³/mol. The molecular weight excluding hydrogens is 268 g/mol. The van der Waals surface area contributed by atoms with Crippen LogP contribution < -0.4 is 11.3 Å². The minimum atomic E-state index is -0.381. The molecule has 0 aliphatic carbocycles. The summed E-state index contributed by atoms with van der Waals surface area (Å²) in [7, 11) is 2.25. The number of furan rings is 1. The van der Waals surface area contributed by atoms with Crippen LogP contribution in [0.3, 0.4) is 0 Å². The first-order valence-corrected chi connectivity index (χ1v) is 7.69. The summed E-state index contributed by atoms with van der Waals surface area (Å²) in [6.07, 6.45) is 3.84. The second-order valence-corrected chi connectivity index (χ2v) is 6.21. The fraction of sp³-hybridized carbons (Fsp3) is 0.667. The van der Waals surface area contributed by atoms with Gasteiger partial charge in [0.2, 0.25) is 0 Å². The molecule has 1 aromatic heterocycles. The molecule has 2 atom stereocenters. The van der Waals surface area contributed by atoms with Gasteiger partial charge in [-0.25, -0.2) is 5.84 Å². The summed E-state index contributed by atoms with van der Waals surface area (Å²) in [5.41, 5.74) is 2.09. The number of fused-ring (bicyclic) bond motifs is 1. The van der Waals surface area contributed by atoms with E-state index in [0.717, 1.165) is 37.4 Å². The Morgan fingerprint density at radius 2 is 2.29 bits per heavy atom. The van der Waals surface area contributed by atoms with Gasteiger partial charge in [0, 0.05) is 19.1 Å². The number of nitrogens with zero attached hydrogens (tertiary/aromatic N) is 2. The molecule has 2 saturated heterocycles. The van der Waals surface area contributed by atoms with E-state index in [0.29, 0.717) is 0 Å². The second-order valence-electron chi connectivity index (χ2n) is 6.21. The number of likely N-dealkylation sites (tertiary alicyclic amines) is 2. The minimum absolute atomic E-state index is 0.278. The molecule has 0 saturated carbocycles. The third-order valence-corrected chi connectivity index (χ3v) is 4.83. The van der Waals surface area contributed by atoms with Crippen molar-refractivity contribution in [2.45, 2.75) is 31.8 Å². The average Bonchev–Trinajstić information content (AvgIpc) is 2.95. The lowest BCUT2D eigenvalue weighted by molar-refractivity contribution is 0.0328. The van der Waals surface area contributed by atoms with Gasteiger partial charge in [-0.05, 0) is 50.9 Å². The number of nitrogens with one attached hydrogen (secondary N) is 1. The van der Waals surface area contributed by atoms with Gasteiger partial charge in [0.15, 0.2) is 5.76 Å². The van der Waals surface area contributed by atoms with Gasteiger partial charge >= 0.3 is 5.91 Å². The number of amides is 1. The van der Waals surface area contributed by atoms with E-state index in [1.54, 1.807) is 6.07 Å². The summed E-state index contributed by atoms with van der Waals surface area (Å²) >= 11 is 0. The minimum Gasteiger partial charge on any atom is -0.455 e. The van der Waals surface area contributed by atoms with Crippen LogP contribution in [0.2, 0.25) is 0 Å². The Hall–Kier alpha value is -1.37. The molecule has 0 spiro atoms. The van der Waals surface area contributed by atoms with Crippen molar-refractivity contribution in [2.24, 2.45) is 11.8 Å². The van der Waals surface area contributed by atoms with Crippen LogP contribution in [0.4, 0.5) is 0 Å². The molecule has 6 nitrogen and oxygen atoms in total. The van der Waals surface area contributed by atoms with Crippen LogP contribution in [0.25, 0.3) is 0 Å². The molecule has 2 aliphatic heterocycles. The van der Waals surface area contributed by atoms with Crippen LogP contribution in [0.5, 0.6) is 0 Å². The van der Waals surface area contributed by atoms with Crippen molar-refractivity contribution in [3.05, 3.63) is 23.7 Å². The number of hydrogen-bond acceptors (Lipinski definition) is 5. The zero-order valence-corrected chi connectivity index (χ0v) is 12.5. The summed E-state index contributed by atoms with van der Waals surface area (Å²) in [6, 6.07) is 4.28. The van der Waals surface area contributed by atoms with Crippen molar-refractivity contribution in [3.63, 3.8) is 0 Å². The van der Waals surface area contributed by atoms with Gasteiger partial charge in [-0.3, -0.25) is 15.1 Å². The van der Waals surface area contributed by atoms with Crippen molar-refractivity contribution in [1.29, 1.82) is 0 Å². The molecule has 3 N–H and O–H groups in total. The van der Waals surface area contributed by atoms with Crippen LogP contribution in [0, 0.1) is 5.92 Å². The van der Waals surface area contributed by atoms with Gasteiger partial charge in [-0.15, -0.1) is 0 Å². The lowest BCUT2D eigenvalue weighted by atomic mass is 9.84. The van der Waals surface area contributed by atoms with Gasteiger partial charge < -0.3 is 9.32 Å². The van der Waals surface area contributed by atoms with Crippen LogP contribution in [0.1, 0.15) is 35.6 Å². The highest BCUT2D eigenvalue weighted by Gasteiger charge is 2.34. The normalized spacial score (nSPS) is 27.3. The van der Waals surface area contributed by atoms with Crippen molar-refractivity contribution in [2.75, 3.05) is 26.7 Å². The molecule has 2 unspecified atom stereocenters. The van der Waals surface area contributed by atoms with E-state index in [2.05, 4.69) is 22.3 Å². The quantitative estimate of drug-likeness (QED) is 0.490. The zero-order chi connectivity index (χ0) is 14.8. The summed E-state index contributed by atoms with van der Waals surface area (Å²) in [5, 5.41) is 0. The Labute approximate surface area is 125 Å². The van der Waals surface area contributed by atoms with Gasteiger partial charge in [-0.1, -0.05) is 0 Å². The average molecular weight is 292 g/mol. The molecule has 1 aromatic rings. The SMILES string of the molecule is CN1CCCC2CN(Cc3ccc(C(=O)NN)o3)CCC21. The zero-order valence-electron chi connectivity index (χ0n) is 12.5. The molecule has 0 radical (unpaired) electrons. The van der Waals surface area contributed by atoms with Crippen LogP contribution in [0.15, 0.2) is 16.5 Å². The molecule has 0 bridgehead atoms. The number of nitrogens with two attached hydrogens (primary N) is 1. The monoisotopic (exact) mass is 292 g/mol. The molecular formula is C15H24N4O2. The van der Waals surface area contributed by atoms with Crippen molar-refractivity contribution in [3.8, 4) is 0 Å². The number of hydrogen-bond donors (Lipinski definition) is 2. The second kappa shape index (κ2) is 6.17. The maximum Gasteiger partial charge on any atom is 0.300 e. The third-order valence-electron chi connectivity index (χ3n) is 4.83. The Morgan fingerprint density at radius 1 is 1.43 bits per heavy atom. The Balaban J connectivity index is 1.59. The topological polar surface area (TPSA) is 74.7 Å². The predicted octanol–water partition coefficient (Wildman–Crippen LogP) is 0.799. The molecule has 1 amide bonds. The van der Waals surface area contributed by atoms with E-state index in [4.69, 9.17) is 10.3 Å². The van der Waals surface area contributed by atoms with Gasteiger partial charge in [0.05, 0.1) is 6.54 Å². The molecule has 0 aromatic carbocycles. The highest BCUT2D eigenvalue weighted by Crippen LogP contribution is 2.30. The number of carbonyl (C=O) groups is 1. The number of carbonyl (C=O) groups excluding carboxylic acids is 1. The summed E-state index contributed by atoms with van der Waals surface area (Å²) < 4.78 is 5.55. The van der Waals surface area contributed by atoms with Gasteiger partial charge in [0.1, 0.15) is 5.76 Å². The lowest BCUT2D eigenvalue weighted by Crippen LogP contribution is -2.52. The Bertz CT molecular complexity index is 502. The first kappa shape index (κ1) is 14.6. The van der Waals surface area contributed by atoms with E-state index in [1.165, 1.54) is 25.8 Å². The number of rotatable bonds is 3. The summed E-state index contributed by atoms with van der Waals surface area (Å²) in [4.78, 5) is 16.3. The molecule has 2 aliphatic rings. The maximum absolute atomic E-state index is 11.4. The maximum atomic E-state index is 11.4. The van der Waals surface area contributed by atoms with E-state index in [1.807, 2.05) is 6.07 Å². The molecule has 21 heavy (non-hydrogen) atoms. The first-order valence-electron chi connectivity index (χ1n) is 7.69. The van der Waals surface area contributed by atoms with E-state index >= 15 is 0 Å². The van der Waals surface area contributed by atoms with Crippen LogP contribution >= 0.6 is 0 Å². The molecule has 3 rings (SSSR count). The van der Waals surface area contributed by atoms with Crippen molar-refractivity contribution < 1.29 is 9.21 Å². The number of hydrazine groups is 1. The first-order chi connectivity index (χ1) is 10.2. The molecule has 6 heteroatoms. The van der Waals surface area contributed by atoms with E-state index < -0.39 is 0 Å². The molecule has 2 fully saturated rings. The number of piperidine rings is 2. The van der Waals surface area contributed by atoms with Crippen LogP contribution in [-0.2, 0) is 6.54 Å². The summed E-state index contributed by atoms with van der Waals surface area (Å²) in [6.45, 7) is 4.21. The Morgan fingerprint density at radius 3 is 3.10 bits per heavy atom. The fourth-order valence-electron chi connectivity index (χ4n) is 3.75. The van der Waals surface area contributed by atoms with Crippen molar-refractivity contribution in [1.82, 2.24) is 15.2 Å². The highest BCUT2D eigenvalue weighted by molar-refractivity contribution is 5.90. The standard InChI is InChI=1S/C15H24N4O2/c1-18-7-2-3-11-9-19(8-6-13(11)18)10-12-4-5-14(21-12)15(20)17-16/h4-5,11,13H,2-3,6-10,16H2,1H3,(H,17,20). The molecule has 116 valence electrons. The number of nitrogen functional groups attached to an aromatic ring is 1. The largest absolute Gasteiger partial charge is 0.455 e. The van der Waals surface area contributed by atoms with Crippen LogP contribution in [-0.4, -0.2) is 48.4 Å². The summed E-state index contributed by atoms with van der Waals surface area (Å²) in [5.74, 6) is 6.60. The highest BCUT2D eigenvalue weighted by atomic mass is 16.4. The third kappa shape index (κ3) is 3.12. The van der Waals surface area contributed by atoms with Gasteiger partial charge in [0.25, 0.3) is 0 Å². The fourth-order valence-corrected chi connectivity index (χ4v) is 3.75. The van der Waals surface area contributed by atoms with E-state index in [9.17, 15) is 4.79 Å². The Kier molecular flexibility index (Phi) is 4.28. The molecule has 3 heterocycles. The van der Waals surface area contributed by atoms with Crippen molar-refractivity contribution >= 4 is 5.91 Å². The smallest absolute Gasteiger partial charge is 0.300 e. The van der Waals surface area contributed by atoms with Gasteiger partial charge in [-0.2, -0.15) is 0 Å². The van der Waals surface area contributed by atoms with E-state index in [-0.39, 0.29) is 11.7 Å². The lowest BCUT2D eigenvalue weighted by Gasteiger charge is -2.45.